The molecule has 3 aliphatic rings. The van der Waals surface area contributed by atoms with Crippen molar-refractivity contribution >= 4 is 0 Å². The van der Waals surface area contributed by atoms with E-state index in [-0.39, 0.29) is 6.10 Å². The molecule has 3 fully saturated rings. The number of rotatable bonds is 1. The average molecular weight is 280 g/mol. The fraction of sp³-hybridized carbons (Fsp3) is 1.00. The number of piperidine rings is 2. The molecule has 1 saturated carbocycles. The van der Waals surface area contributed by atoms with E-state index in [1.165, 1.54) is 71.0 Å². The fourth-order valence-corrected chi connectivity index (χ4v) is 4.85. The standard InChI is InChI=1S/C17H32N2O/c1-18-11-6-7-14-13-19(12-10-15(14)18)16-8-4-2-3-5-9-17(16)20/h14-17,20H,2-13H2,1H3. The van der Waals surface area contributed by atoms with Gasteiger partial charge in [0.15, 0.2) is 0 Å². The number of hydrogen-bond donors (Lipinski definition) is 1. The Morgan fingerprint density at radius 3 is 2.45 bits per heavy atom. The first-order valence-corrected chi connectivity index (χ1v) is 8.88. The molecule has 2 heterocycles. The highest BCUT2D eigenvalue weighted by molar-refractivity contribution is 4.93. The zero-order chi connectivity index (χ0) is 13.9. The lowest BCUT2D eigenvalue weighted by atomic mass is 9.82. The highest BCUT2D eigenvalue weighted by Crippen LogP contribution is 2.32. The first-order valence-electron chi connectivity index (χ1n) is 8.88. The first-order chi connectivity index (χ1) is 9.75. The van der Waals surface area contributed by atoms with E-state index in [0.29, 0.717) is 6.04 Å². The molecule has 0 spiro atoms. The van der Waals surface area contributed by atoms with Gasteiger partial charge in [0.2, 0.25) is 0 Å². The normalized spacial score (nSPS) is 41.7. The second-order valence-corrected chi connectivity index (χ2v) is 7.36. The largest absolute Gasteiger partial charge is 0.391 e. The van der Waals surface area contributed by atoms with Crippen molar-refractivity contribution in [2.45, 2.75) is 76.0 Å². The van der Waals surface area contributed by atoms with Crippen LogP contribution in [0.2, 0.25) is 0 Å². The lowest BCUT2D eigenvalue weighted by Crippen LogP contribution is -2.56. The maximum atomic E-state index is 10.5. The number of likely N-dealkylation sites (tertiary alicyclic amines) is 2. The quantitative estimate of drug-likeness (QED) is 0.799. The van der Waals surface area contributed by atoms with Crippen molar-refractivity contribution in [3.63, 3.8) is 0 Å². The smallest absolute Gasteiger partial charge is 0.0695 e. The van der Waals surface area contributed by atoms with E-state index >= 15 is 0 Å². The minimum absolute atomic E-state index is 0.0758. The van der Waals surface area contributed by atoms with Crippen LogP contribution in [0.5, 0.6) is 0 Å². The maximum Gasteiger partial charge on any atom is 0.0695 e. The molecule has 4 atom stereocenters. The van der Waals surface area contributed by atoms with Crippen molar-refractivity contribution in [3.8, 4) is 0 Å². The van der Waals surface area contributed by atoms with Crippen molar-refractivity contribution < 1.29 is 5.11 Å². The molecule has 1 N–H and O–H groups in total. The van der Waals surface area contributed by atoms with Crippen molar-refractivity contribution in [2.75, 3.05) is 26.7 Å². The Morgan fingerprint density at radius 1 is 0.800 bits per heavy atom. The minimum Gasteiger partial charge on any atom is -0.391 e. The molecule has 3 rings (SSSR count). The molecule has 1 aliphatic carbocycles. The van der Waals surface area contributed by atoms with Crippen molar-refractivity contribution in [3.05, 3.63) is 0 Å². The molecule has 3 nitrogen and oxygen atoms in total. The van der Waals surface area contributed by atoms with Gasteiger partial charge in [-0.2, -0.15) is 0 Å². The Bertz CT molecular complexity index is 309. The molecule has 0 bridgehead atoms. The Morgan fingerprint density at radius 2 is 1.60 bits per heavy atom. The molecule has 0 radical (unpaired) electrons. The zero-order valence-corrected chi connectivity index (χ0v) is 13.1. The second-order valence-electron chi connectivity index (χ2n) is 7.36. The van der Waals surface area contributed by atoms with E-state index in [1.54, 1.807) is 0 Å². The summed E-state index contributed by atoms with van der Waals surface area (Å²) >= 11 is 0. The van der Waals surface area contributed by atoms with Gasteiger partial charge in [0.25, 0.3) is 0 Å². The molecule has 3 heteroatoms. The lowest BCUT2D eigenvalue weighted by Gasteiger charge is -2.49. The van der Waals surface area contributed by atoms with Crippen LogP contribution in [-0.4, -0.2) is 59.8 Å². The van der Waals surface area contributed by atoms with Crippen LogP contribution in [0.3, 0.4) is 0 Å². The van der Waals surface area contributed by atoms with Crippen LogP contribution < -0.4 is 0 Å². The predicted octanol–water partition coefficient (Wildman–Crippen LogP) is 2.49. The zero-order valence-electron chi connectivity index (χ0n) is 13.1. The summed E-state index contributed by atoms with van der Waals surface area (Å²) in [6.45, 7) is 3.72. The van der Waals surface area contributed by atoms with E-state index in [4.69, 9.17) is 0 Å². The van der Waals surface area contributed by atoms with Crippen LogP contribution in [0.25, 0.3) is 0 Å². The van der Waals surface area contributed by atoms with Crippen LogP contribution in [0, 0.1) is 5.92 Å². The summed E-state index contributed by atoms with van der Waals surface area (Å²) in [4.78, 5) is 5.23. The van der Waals surface area contributed by atoms with E-state index in [1.807, 2.05) is 0 Å². The highest BCUT2D eigenvalue weighted by atomic mass is 16.3. The van der Waals surface area contributed by atoms with Crippen molar-refractivity contribution in [1.29, 1.82) is 0 Å². The Kier molecular flexibility index (Phi) is 5.00. The van der Waals surface area contributed by atoms with Gasteiger partial charge in [-0.1, -0.05) is 25.7 Å². The Balaban J connectivity index is 1.62. The first kappa shape index (κ1) is 14.8. The third-order valence-electron chi connectivity index (χ3n) is 6.04. The van der Waals surface area contributed by atoms with Crippen LogP contribution in [0.15, 0.2) is 0 Å². The van der Waals surface area contributed by atoms with Crippen LogP contribution in [0.1, 0.15) is 57.8 Å². The molecule has 20 heavy (non-hydrogen) atoms. The topological polar surface area (TPSA) is 26.7 Å². The van der Waals surface area contributed by atoms with Crippen molar-refractivity contribution in [1.82, 2.24) is 9.80 Å². The van der Waals surface area contributed by atoms with Gasteiger partial charge < -0.3 is 10.0 Å². The van der Waals surface area contributed by atoms with Gasteiger partial charge in [-0.15, -0.1) is 0 Å². The van der Waals surface area contributed by atoms with Crippen LogP contribution in [0.4, 0.5) is 0 Å². The van der Waals surface area contributed by atoms with E-state index in [9.17, 15) is 5.11 Å². The van der Waals surface area contributed by atoms with Gasteiger partial charge in [-0.3, -0.25) is 4.90 Å². The summed E-state index contributed by atoms with van der Waals surface area (Å²) in [5.41, 5.74) is 0. The maximum absolute atomic E-state index is 10.5. The van der Waals surface area contributed by atoms with Gasteiger partial charge in [-0.05, 0) is 51.6 Å². The summed E-state index contributed by atoms with van der Waals surface area (Å²) < 4.78 is 0. The number of hydrogen-bond acceptors (Lipinski definition) is 3. The van der Waals surface area contributed by atoms with Gasteiger partial charge in [0, 0.05) is 25.2 Å². The minimum atomic E-state index is -0.0758. The van der Waals surface area contributed by atoms with Gasteiger partial charge in [-0.25, -0.2) is 0 Å². The molecule has 0 aromatic carbocycles. The molecule has 2 aliphatic heterocycles. The second kappa shape index (κ2) is 6.76. The summed E-state index contributed by atoms with van der Waals surface area (Å²) in [6, 6.07) is 1.26. The number of aliphatic hydroxyl groups is 1. The Labute approximate surface area is 124 Å². The molecule has 0 aromatic heterocycles. The molecule has 4 unspecified atom stereocenters. The number of fused-ring (bicyclic) bond motifs is 1. The SMILES string of the molecule is CN1CCCC2CN(C3CCCCCCC3O)CCC21. The lowest BCUT2D eigenvalue weighted by molar-refractivity contribution is -0.0252. The summed E-state index contributed by atoms with van der Waals surface area (Å²) in [6.07, 6.45) is 11.5. The monoisotopic (exact) mass is 280 g/mol. The Hall–Kier alpha value is -0.120. The number of aliphatic hydroxyl groups excluding tert-OH is 1. The molecular formula is C17H32N2O. The number of nitrogens with zero attached hydrogens (tertiary/aromatic N) is 2. The third kappa shape index (κ3) is 3.20. The van der Waals surface area contributed by atoms with Crippen LogP contribution in [-0.2, 0) is 0 Å². The van der Waals surface area contributed by atoms with E-state index in [0.717, 1.165) is 18.4 Å². The van der Waals surface area contributed by atoms with Gasteiger partial charge in [0.1, 0.15) is 0 Å². The van der Waals surface area contributed by atoms with E-state index in [2.05, 4.69) is 16.8 Å². The van der Waals surface area contributed by atoms with Gasteiger partial charge >= 0.3 is 0 Å². The molecule has 2 saturated heterocycles. The average Bonchev–Trinajstić information content (AvgIpc) is 2.43. The van der Waals surface area contributed by atoms with Crippen molar-refractivity contribution in [2.24, 2.45) is 5.92 Å². The van der Waals surface area contributed by atoms with Gasteiger partial charge in [0.05, 0.1) is 6.10 Å². The van der Waals surface area contributed by atoms with Crippen LogP contribution >= 0.6 is 0 Å². The fourth-order valence-electron chi connectivity index (χ4n) is 4.85. The molecule has 0 amide bonds. The molecule has 116 valence electrons. The van der Waals surface area contributed by atoms with E-state index < -0.39 is 0 Å². The highest BCUT2D eigenvalue weighted by Gasteiger charge is 2.37. The predicted molar refractivity (Wildman–Crippen MR) is 82.8 cm³/mol. The summed E-state index contributed by atoms with van der Waals surface area (Å²) in [7, 11) is 2.30. The third-order valence-corrected chi connectivity index (χ3v) is 6.04. The molecule has 0 aromatic rings. The molecular weight excluding hydrogens is 248 g/mol. The summed E-state index contributed by atoms with van der Waals surface area (Å²) in [5, 5.41) is 10.5. The summed E-state index contributed by atoms with van der Waals surface area (Å²) in [5.74, 6) is 0.847.